The Labute approximate surface area is 176 Å². The van der Waals surface area contributed by atoms with Crippen LogP contribution in [0.5, 0.6) is 0 Å². The summed E-state index contributed by atoms with van der Waals surface area (Å²) in [6.07, 6.45) is 3.35. The van der Waals surface area contributed by atoms with Crippen LogP contribution in [-0.4, -0.2) is 15.9 Å². The Kier molecular flexibility index (Phi) is 4.53. The summed E-state index contributed by atoms with van der Waals surface area (Å²) in [4.78, 5) is 21.1. The van der Waals surface area contributed by atoms with E-state index < -0.39 is 0 Å². The van der Waals surface area contributed by atoms with Gasteiger partial charge in [0.1, 0.15) is 11.3 Å². The highest BCUT2D eigenvalue weighted by molar-refractivity contribution is 6.30. The number of halogens is 1. The first kappa shape index (κ1) is 18.1. The van der Waals surface area contributed by atoms with Gasteiger partial charge < -0.3 is 14.2 Å². The number of benzene rings is 2. The predicted molar refractivity (Wildman–Crippen MR) is 114 cm³/mol. The number of carbonyl (C=O) groups is 1. The van der Waals surface area contributed by atoms with Gasteiger partial charge in [-0.15, -0.1) is 0 Å². The summed E-state index contributed by atoms with van der Waals surface area (Å²) in [5.41, 5.74) is 3.48. The SMILES string of the molecule is O=C(Nc1ccc2oc(-c3ccncc3)nc2c1)c1ccc(-c2cccc(Cl)c2)o1. The van der Waals surface area contributed by atoms with Crippen LogP contribution in [0.1, 0.15) is 10.6 Å². The molecule has 3 aromatic heterocycles. The molecule has 2 aromatic carbocycles. The smallest absolute Gasteiger partial charge is 0.291 e. The van der Waals surface area contributed by atoms with Crippen LogP contribution in [0.15, 0.2) is 88.0 Å². The summed E-state index contributed by atoms with van der Waals surface area (Å²) in [7, 11) is 0. The van der Waals surface area contributed by atoms with E-state index in [4.69, 9.17) is 20.4 Å². The molecule has 0 atom stereocenters. The number of nitrogens with one attached hydrogen (secondary N) is 1. The quantitative estimate of drug-likeness (QED) is 0.386. The summed E-state index contributed by atoms with van der Waals surface area (Å²) < 4.78 is 11.5. The number of fused-ring (bicyclic) bond motifs is 1. The van der Waals surface area contributed by atoms with Gasteiger partial charge in [0.15, 0.2) is 11.3 Å². The molecule has 0 saturated heterocycles. The molecule has 0 radical (unpaired) electrons. The Morgan fingerprint density at radius 1 is 0.900 bits per heavy atom. The second kappa shape index (κ2) is 7.50. The fourth-order valence-electron chi connectivity index (χ4n) is 3.07. The van der Waals surface area contributed by atoms with Gasteiger partial charge in [0, 0.05) is 34.2 Å². The first-order chi connectivity index (χ1) is 14.7. The topological polar surface area (TPSA) is 81.2 Å². The number of amides is 1. The van der Waals surface area contributed by atoms with Gasteiger partial charge in [-0.2, -0.15) is 0 Å². The number of oxazole rings is 1. The van der Waals surface area contributed by atoms with Gasteiger partial charge in [0.25, 0.3) is 5.91 Å². The molecule has 5 rings (SSSR count). The van der Waals surface area contributed by atoms with Crippen LogP contribution in [0.2, 0.25) is 5.02 Å². The highest BCUT2D eigenvalue weighted by Gasteiger charge is 2.14. The Morgan fingerprint density at radius 3 is 2.60 bits per heavy atom. The third kappa shape index (κ3) is 3.56. The number of anilines is 1. The van der Waals surface area contributed by atoms with E-state index in [9.17, 15) is 4.79 Å². The predicted octanol–water partition coefficient (Wildman–Crippen LogP) is 6.06. The van der Waals surface area contributed by atoms with Gasteiger partial charge in [-0.3, -0.25) is 9.78 Å². The number of rotatable bonds is 4. The molecule has 3 heterocycles. The van der Waals surface area contributed by atoms with Gasteiger partial charge in [-0.1, -0.05) is 23.7 Å². The minimum atomic E-state index is -0.361. The first-order valence-electron chi connectivity index (χ1n) is 9.14. The van der Waals surface area contributed by atoms with Gasteiger partial charge in [0.2, 0.25) is 5.89 Å². The Hall–Kier alpha value is -3.90. The highest BCUT2D eigenvalue weighted by atomic mass is 35.5. The first-order valence-corrected chi connectivity index (χ1v) is 9.52. The molecule has 6 nitrogen and oxygen atoms in total. The lowest BCUT2D eigenvalue weighted by atomic mass is 10.2. The average molecular weight is 416 g/mol. The van der Waals surface area contributed by atoms with E-state index in [0.29, 0.717) is 33.5 Å². The van der Waals surface area contributed by atoms with Crippen LogP contribution in [-0.2, 0) is 0 Å². The maximum Gasteiger partial charge on any atom is 0.291 e. The molecule has 7 heteroatoms. The number of aromatic nitrogens is 2. The largest absolute Gasteiger partial charge is 0.451 e. The summed E-state index contributed by atoms with van der Waals surface area (Å²) in [5, 5.41) is 3.42. The lowest BCUT2D eigenvalue weighted by molar-refractivity contribution is 0.0997. The van der Waals surface area contributed by atoms with E-state index in [2.05, 4.69) is 15.3 Å². The Bertz CT molecular complexity index is 1360. The molecule has 0 fully saturated rings. The molecule has 0 bridgehead atoms. The maximum absolute atomic E-state index is 12.6. The summed E-state index contributed by atoms with van der Waals surface area (Å²) >= 11 is 6.02. The van der Waals surface area contributed by atoms with Crippen LogP contribution >= 0.6 is 11.6 Å². The van der Waals surface area contributed by atoms with E-state index in [1.807, 2.05) is 24.3 Å². The van der Waals surface area contributed by atoms with E-state index in [-0.39, 0.29) is 11.7 Å². The lowest BCUT2D eigenvalue weighted by Gasteiger charge is -2.03. The summed E-state index contributed by atoms with van der Waals surface area (Å²) in [6, 6.07) is 19.5. The zero-order valence-corrected chi connectivity index (χ0v) is 16.3. The fourth-order valence-corrected chi connectivity index (χ4v) is 3.26. The Balaban J connectivity index is 1.37. The number of hydrogen-bond acceptors (Lipinski definition) is 5. The molecular formula is C23H14ClN3O3. The van der Waals surface area contributed by atoms with E-state index in [0.717, 1.165) is 11.1 Å². The minimum absolute atomic E-state index is 0.197. The average Bonchev–Trinajstić information content (AvgIpc) is 3.42. The van der Waals surface area contributed by atoms with Crippen molar-refractivity contribution in [2.75, 3.05) is 5.32 Å². The number of furan rings is 1. The van der Waals surface area contributed by atoms with Crippen molar-refractivity contribution in [1.82, 2.24) is 9.97 Å². The molecule has 1 amide bonds. The van der Waals surface area contributed by atoms with Crippen LogP contribution < -0.4 is 5.32 Å². The van der Waals surface area contributed by atoms with Gasteiger partial charge in [-0.25, -0.2) is 4.98 Å². The molecule has 0 aliphatic heterocycles. The van der Waals surface area contributed by atoms with Crippen molar-refractivity contribution in [3.8, 4) is 22.8 Å². The normalized spacial score (nSPS) is 11.0. The van der Waals surface area contributed by atoms with Crippen molar-refractivity contribution in [3.05, 3.63) is 89.9 Å². The zero-order chi connectivity index (χ0) is 20.5. The van der Waals surface area contributed by atoms with Crippen LogP contribution in [0.25, 0.3) is 33.9 Å². The number of pyridine rings is 1. The zero-order valence-electron chi connectivity index (χ0n) is 15.5. The summed E-state index contributed by atoms with van der Waals surface area (Å²) in [6.45, 7) is 0. The number of hydrogen-bond donors (Lipinski definition) is 1. The molecule has 0 saturated carbocycles. The molecule has 0 aliphatic carbocycles. The van der Waals surface area contributed by atoms with Crippen molar-refractivity contribution in [3.63, 3.8) is 0 Å². The van der Waals surface area contributed by atoms with Crippen molar-refractivity contribution in [2.24, 2.45) is 0 Å². The standard InChI is InChI=1S/C23H14ClN3O3/c24-16-3-1-2-15(12-16)19-6-7-21(29-19)22(28)26-17-4-5-20-18(13-17)27-23(30-20)14-8-10-25-11-9-14/h1-13H,(H,26,28). The molecule has 0 aliphatic rings. The summed E-state index contributed by atoms with van der Waals surface area (Å²) in [5.74, 6) is 0.896. The third-order valence-electron chi connectivity index (χ3n) is 4.51. The molecule has 5 aromatic rings. The number of carbonyl (C=O) groups excluding carboxylic acids is 1. The molecule has 1 N–H and O–H groups in total. The van der Waals surface area contributed by atoms with Gasteiger partial charge in [0.05, 0.1) is 0 Å². The molecule has 0 spiro atoms. The van der Waals surface area contributed by atoms with Crippen molar-refractivity contribution >= 4 is 34.3 Å². The Morgan fingerprint density at radius 2 is 1.77 bits per heavy atom. The second-order valence-electron chi connectivity index (χ2n) is 6.57. The molecule has 146 valence electrons. The lowest BCUT2D eigenvalue weighted by Crippen LogP contribution is -2.10. The minimum Gasteiger partial charge on any atom is -0.451 e. The van der Waals surface area contributed by atoms with Crippen molar-refractivity contribution in [2.45, 2.75) is 0 Å². The third-order valence-corrected chi connectivity index (χ3v) is 4.75. The van der Waals surface area contributed by atoms with Crippen LogP contribution in [0.4, 0.5) is 5.69 Å². The maximum atomic E-state index is 12.6. The van der Waals surface area contributed by atoms with Crippen molar-refractivity contribution in [1.29, 1.82) is 0 Å². The fraction of sp³-hybridized carbons (Fsp3) is 0. The highest BCUT2D eigenvalue weighted by Crippen LogP contribution is 2.27. The van der Waals surface area contributed by atoms with Gasteiger partial charge >= 0.3 is 0 Å². The van der Waals surface area contributed by atoms with Crippen LogP contribution in [0, 0.1) is 0 Å². The number of nitrogens with zero attached hydrogens (tertiary/aromatic N) is 2. The molecule has 30 heavy (non-hydrogen) atoms. The second-order valence-corrected chi connectivity index (χ2v) is 7.00. The van der Waals surface area contributed by atoms with E-state index in [1.54, 1.807) is 54.9 Å². The van der Waals surface area contributed by atoms with E-state index >= 15 is 0 Å². The van der Waals surface area contributed by atoms with Crippen LogP contribution in [0.3, 0.4) is 0 Å². The monoisotopic (exact) mass is 415 g/mol. The molecule has 0 unspecified atom stereocenters. The molecular weight excluding hydrogens is 402 g/mol. The van der Waals surface area contributed by atoms with Gasteiger partial charge in [-0.05, 0) is 54.6 Å². The van der Waals surface area contributed by atoms with Crippen molar-refractivity contribution < 1.29 is 13.6 Å². The van der Waals surface area contributed by atoms with E-state index in [1.165, 1.54) is 0 Å².